The van der Waals surface area contributed by atoms with Gasteiger partial charge in [-0.3, -0.25) is 28.8 Å². The molecule has 0 spiro atoms. The Balaban J connectivity index is 0.800. The molecular formula is C74H76Cl2N8O14. The van der Waals surface area contributed by atoms with Crippen LogP contribution in [0.15, 0.2) is 158 Å². The fourth-order valence-corrected chi connectivity index (χ4v) is 11.5. The number of carbonyl (C=O) groups excluding carboxylic acids is 10. The number of methoxy groups -OCH3 is 2. The van der Waals surface area contributed by atoms with E-state index in [1.165, 1.54) is 14.2 Å². The van der Waals surface area contributed by atoms with Crippen LogP contribution in [0.4, 0.5) is 9.59 Å². The van der Waals surface area contributed by atoms with Crippen LogP contribution in [0, 0.1) is 0 Å². The average molecular weight is 1370 g/mol. The zero-order valence-corrected chi connectivity index (χ0v) is 55.8. The Morgan fingerprint density at radius 3 is 1.02 bits per heavy atom. The molecule has 2 heterocycles. The minimum absolute atomic E-state index is 0.0101. The van der Waals surface area contributed by atoms with Crippen LogP contribution in [-0.4, -0.2) is 122 Å². The molecule has 0 saturated heterocycles. The smallest absolute Gasteiger partial charge is 0.408 e. The normalized spacial score (nSPS) is 12.6. The van der Waals surface area contributed by atoms with Gasteiger partial charge in [0.1, 0.15) is 25.3 Å². The van der Waals surface area contributed by atoms with E-state index < -0.39 is 59.8 Å². The average Bonchev–Trinajstić information content (AvgIpc) is 1.61. The van der Waals surface area contributed by atoms with Crippen molar-refractivity contribution in [3.63, 3.8) is 0 Å². The molecule has 510 valence electrons. The van der Waals surface area contributed by atoms with Crippen molar-refractivity contribution in [1.29, 1.82) is 0 Å². The molecule has 6 N–H and O–H groups in total. The number of esters is 2. The molecule has 24 heteroatoms. The minimum atomic E-state index is -1.06. The van der Waals surface area contributed by atoms with E-state index >= 15 is 0 Å². The Hall–Kier alpha value is -10.6. The highest BCUT2D eigenvalue weighted by atomic mass is 35.5. The third kappa shape index (κ3) is 20.7. The number of carbonyl (C=O) groups is 10. The number of hydrogen-bond acceptors (Lipinski definition) is 14. The Morgan fingerprint density at radius 2 is 0.704 bits per heavy atom. The Kier molecular flexibility index (Phi) is 25.9. The number of ether oxygens (including phenoxy) is 4. The fourth-order valence-electron chi connectivity index (χ4n) is 11.3. The van der Waals surface area contributed by atoms with Gasteiger partial charge in [-0.05, 0) is 143 Å². The lowest BCUT2D eigenvalue weighted by molar-refractivity contribution is -0.144. The Bertz CT molecular complexity index is 3750. The molecule has 2 atom stereocenters. The summed E-state index contributed by atoms with van der Waals surface area (Å²) in [4.78, 5) is 138. The first kappa shape index (κ1) is 71.7. The summed E-state index contributed by atoms with van der Waals surface area (Å²) in [5.41, 5.74) is 7.93. The lowest BCUT2D eigenvalue weighted by Crippen LogP contribution is -2.42. The van der Waals surface area contributed by atoms with Gasteiger partial charge in [-0.1, -0.05) is 132 Å². The molecular weight excluding hydrogens is 1300 g/mol. The quantitative estimate of drug-likeness (QED) is 0.0139. The van der Waals surface area contributed by atoms with E-state index in [1.54, 1.807) is 107 Å². The number of amides is 8. The Labute approximate surface area is 577 Å². The maximum atomic E-state index is 14.0. The molecule has 0 unspecified atom stereocenters. The number of alkyl carbamates (subject to hydrolysis) is 2. The molecule has 2 aliphatic heterocycles. The summed E-state index contributed by atoms with van der Waals surface area (Å²) in [5.74, 6) is -3.91. The van der Waals surface area contributed by atoms with Crippen molar-refractivity contribution in [2.45, 2.75) is 103 Å². The van der Waals surface area contributed by atoms with Crippen molar-refractivity contribution in [1.82, 2.24) is 41.7 Å². The van der Waals surface area contributed by atoms with Gasteiger partial charge < -0.3 is 60.6 Å². The van der Waals surface area contributed by atoms with Gasteiger partial charge in [0, 0.05) is 62.4 Å². The number of nitrogens with one attached hydrogen (secondary N) is 6. The molecule has 22 nitrogen and oxygen atoms in total. The van der Waals surface area contributed by atoms with Gasteiger partial charge >= 0.3 is 24.1 Å². The van der Waals surface area contributed by atoms with Crippen LogP contribution in [0.3, 0.4) is 0 Å². The first-order chi connectivity index (χ1) is 47.4. The topological polar surface area (TPSA) is 286 Å². The summed E-state index contributed by atoms with van der Waals surface area (Å²) in [5, 5.41) is 17.8. The van der Waals surface area contributed by atoms with Crippen LogP contribution in [0.25, 0.3) is 0 Å². The number of fused-ring (bicyclic) bond motifs is 2. The van der Waals surface area contributed by atoms with E-state index in [0.29, 0.717) is 56.3 Å². The molecule has 0 aromatic heterocycles. The van der Waals surface area contributed by atoms with Crippen molar-refractivity contribution in [2.24, 2.45) is 0 Å². The van der Waals surface area contributed by atoms with Gasteiger partial charge in [-0.2, -0.15) is 0 Å². The first-order valence-electron chi connectivity index (χ1n) is 32.1. The van der Waals surface area contributed by atoms with E-state index in [4.69, 9.17) is 42.1 Å². The van der Waals surface area contributed by atoms with E-state index in [1.807, 2.05) is 60.7 Å². The zero-order valence-electron chi connectivity index (χ0n) is 54.3. The molecule has 9 rings (SSSR count). The molecule has 7 aromatic carbocycles. The maximum absolute atomic E-state index is 14.0. The molecule has 0 saturated carbocycles. The number of rotatable bonds is 30. The van der Waals surface area contributed by atoms with Crippen LogP contribution in [-0.2, 0) is 103 Å². The second-order valence-corrected chi connectivity index (χ2v) is 24.5. The zero-order chi connectivity index (χ0) is 69.5. The Morgan fingerprint density at radius 1 is 0.398 bits per heavy atom. The standard InChI is InChI=1S/C74H76Cl2N8O14/c1-95-71(91)63(81-73(93)97-45-51-11-5-3-6-12-51)15-9-31-77-67(87)59-37-53-41-83(43-55(53)39-61(59)69(89)79-33-29-47-21-25-57(75)26-22-47)65(85)35-49-17-19-50(20-18-49)36-66(86)84-42-54-38-60(62(40-56(54)44-84)70(90)80-34-30-48-23-27-58(76)28-24-48)68(88)78-32-10-16-64(72(92)96-2)82-74(94)98-46-52-13-7-4-8-14-52/h3-8,11-14,17-28,37-40,63-64H,9-10,15-16,29-36,41-46H2,1-2H3,(H,77,87)(H,78,88)(H,79,89)(H,80,90)(H,81,93)(H,82,94)/t63-,64-/m0/s1. The first-order valence-corrected chi connectivity index (χ1v) is 32.8. The second kappa shape index (κ2) is 35.4. The molecule has 0 aliphatic carbocycles. The van der Waals surface area contributed by atoms with Gasteiger partial charge in [0.15, 0.2) is 0 Å². The second-order valence-electron chi connectivity index (χ2n) is 23.6. The van der Waals surface area contributed by atoms with Crippen LogP contribution in [0.1, 0.15) is 123 Å². The summed E-state index contributed by atoms with van der Waals surface area (Å²) < 4.78 is 20.4. The van der Waals surface area contributed by atoms with Crippen molar-refractivity contribution in [3.05, 3.63) is 246 Å². The highest BCUT2D eigenvalue weighted by Gasteiger charge is 2.31. The summed E-state index contributed by atoms with van der Waals surface area (Å²) in [6, 6.07) is 44.1. The van der Waals surface area contributed by atoms with E-state index in [2.05, 4.69) is 31.9 Å². The third-order valence-corrected chi connectivity index (χ3v) is 17.2. The highest BCUT2D eigenvalue weighted by molar-refractivity contribution is 6.30. The summed E-state index contributed by atoms with van der Waals surface area (Å²) in [7, 11) is 2.40. The molecule has 98 heavy (non-hydrogen) atoms. The lowest BCUT2D eigenvalue weighted by atomic mass is 9.98. The van der Waals surface area contributed by atoms with Crippen LogP contribution >= 0.6 is 23.2 Å². The lowest BCUT2D eigenvalue weighted by Gasteiger charge is -2.17. The predicted molar refractivity (Wildman–Crippen MR) is 364 cm³/mol. The van der Waals surface area contributed by atoms with Gasteiger partial charge in [0.2, 0.25) is 11.8 Å². The summed E-state index contributed by atoms with van der Waals surface area (Å²) >= 11 is 12.2. The van der Waals surface area contributed by atoms with Crippen molar-refractivity contribution < 1.29 is 66.9 Å². The minimum Gasteiger partial charge on any atom is -0.467 e. The third-order valence-electron chi connectivity index (χ3n) is 16.7. The van der Waals surface area contributed by atoms with Crippen molar-refractivity contribution >= 4 is 82.8 Å². The molecule has 0 radical (unpaired) electrons. The van der Waals surface area contributed by atoms with Gasteiger partial charge in [-0.15, -0.1) is 0 Å². The largest absolute Gasteiger partial charge is 0.467 e. The summed E-state index contributed by atoms with van der Waals surface area (Å²) in [6.07, 6.45) is 0.0505. The van der Waals surface area contributed by atoms with Crippen LogP contribution < -0.4 is 31.9 Å². The number of halogens is 2. The molecule has 8 amide bonds. The van der Waals surface area contributed by atoms with Gasteiger partial charge in [0.25, 0.3) is 23.6 Å². The van der Waals surface area contributed by atoms with Crippen molar-refractivity contribution in [2.75, 3.05) is 40.4 Å². The fraction of sp³-hybridized carbons (Fsp3) is 0.297. The van der Waals surface area contributed by atoms with Crippen molar-refractivity contribution in [3.8, 4) is 0 Å². The number of benzene rings is 7. The molecule has 2 aliphatic rings. The summed E-state index contributed by atoms with van der Waals surface area (Å²) in [6.45, 7) is 1.31. The number of nitrogens with zero attached hydrogens (tertiary/aromatic N) is 2. The van der Waals surface area contributed by atoms with Crippen LogP contribution in [0.2, 0.25) is 10.0 Å². The monoisotopic (exact) mass is 1370 g/mol. The van der Waals surface area contributed by atoms with E-state index in [9.17, 15) is 47.9 Å². The van der Waals surface area contributed by atoms with Gasteiger partial charge in [0.05, 0.1) is 49.3 Å². The SMILES string of the molecule is COC(=O)[C@H](CCCNC(=O)c1cc2c(cc1C(=O)NCCc1ccc(Cl)cc1)CN(C(=O)Cc1ccc(CC(=O)N3Cc4cc(C(=O)NCCC[C@H](NC(=O)OCc5ccccc5)C(=O)OC)c(C(=O)NCCc5ccc(Cl)cc5)cc4C3)cc1)C2)NC(=O)OCc1ccccc1. The molecule has 7 aromatic rings. The molecule has 0 fully saturated rings. The predicted octanol–water partition coefficient (Wildman–Crippen LogP) is 9.06. The van der Waals surface area contributed by atoms with E-state index in [-0.39, 0.29) is 138 Å². The highest BCUT2D eigenvalue weighted by Crippen LogP contribution is 2.30. The molecule has 0 bridgehead atoms. The maximum Gasteiger partial charge on any atom is 0.408 e. The van der Waals surface area contributed by atoms with Gasteiger partial charge in [-0.25, -0.2) is 19.2 Å². The van der Waals surface area contributed by atoms with E-state index in [0.717, 1.165) is 22.3 Å². The van der Waals surface area contributed by atoms with Crippen LogP contribution in [0.5, 0.6) is 0 Å². The number of hydrogen-bond donors (Lipinski definition) is 6.